The van der Waals surface area contributed by atoms with Gasteiger partial charge in [-0.05, 0) is 12.5 Å². The standard InChI is InChI=1S/C13H15N4/c1-10-4-13(6-15-5-10)17(9-14)7-11-2-3-12(8-17)16-11/h2-6,11-12,16H,7-8H2,1H3/q+1/t11-,12+,17?. The van der Waals surface area contributed by atoms with Crippen LogP contribution >= 0.6 is 0 Å². The van der Waals surface area contributed by atoms with Crippen molar-refractivity contribution in [3.8, 4) is 6.19 Å². The molecule has 17 heavy (non-hydrogen) atoms. The Labute approximate surface area is 101 Å². The maximum atomic E-state index is 9.59. The third kappa shape index (κ3) is 1.64. The number of nitrogens with zero attached hydrogens (tertiary/aromatic N) is 3. The minimum atomic E-state index is 0.314. The molecule has 1 fully saturated rings. The van der Waals surface area contributed by atoms with Gasteiger partial charge in [0.2, 0.25) is 0 Å². The van der Waals surface area contributed by atoms with E-state index >= 15 is 0 Å². The van der Waals surface area contributed by atoms with Gasteiger partial charge in [-0.25, -0.2) is 0 Å². The lowest BCUT2D eigenvalue weighted by Crippen LogP contribution is -2.62. The van der Waals surface area contributed by atoms with E-state index in [1.54, 1.807) is 0 Å². The zero-order valence-electron chi connectivity index (χ0n) is 9.80. The summed E-state index contributed by atoms with van der Waals surface area (Å²) < 4.78 is 0.365. The van der Waals surface area contributed by atoms with Gasteiger partial charge in [0.25, 0.3) is 0 Å². The van der Waals surface area contributed by atoms with E-state index in [1.807, 2.05) is 19.3 Å². The molecule has 2 bridgehead atoms. The number of pyridine rings is 1. The van der Waals surface area contributed by atoms with Gasteiger partial charge in [-0.2, -0.15) is 4.48 Å². The molecule has 86 valence electrons. The number of quaternary nitrogens is 1. The van der Waals surface area contributed by atoms with E-state index in [4.69, 9.17) is 0 Å². The molecule has 0 radical (unpaired) electrons. The van der Waals surface area contributed by atoms with Crippen molar-refractivity contribution in [3.05, 3.63) is 36.2 Å². The highest BCUT2D eigenvalue weighted by Gasteiger charge is 2.43. The van der Waals surface area contributed by atoms with E-state index in [9.17, 15) is 5.26 Å². The highest BCUT2D eigenvalue weighted by Crippen LogP contribution is 2.28. The number of nitriles is 1. The lowest BCUT2D eigenvalue weighted by molar-refractivity contribution is 0.282. The molecule has 3 atom stereocenters. The summed E-state index contributed by atoms with van der Waals surface area (Å²) in [5.74, 6) is 0. The summed E-state index contributed by atoms with van der Waals surface area (Å²) >= 11 is 0. The minimum Gasteiger partial charge on any atom is -0.294 e. The van der Waals surface area contributed by atoms with Gasteiger partial charge in [0, 0.05) is 12.3 Å². The summed E-state index contributed by atoms with van der Waals surface area (Å²) in [5.41, 5.74) is 2.11. The molecule has 1 unspecified atom stereocenters. The van der Waals surface area contributed by atoms with Gasteiger partial charge in [-0.15, -0.1) is 5.26 Å². The smallest absolute Gasteiger partial charge is 0.294 e. The molecular weight excluding hydrogens is 212 g/mol. The quantitative estimate of drug-likeness (QED) is 0.444. The third-order valence-electron chi connectivity index (χ3n) is 3.57. The van der Waals surface area contributed by atoms with Crippen molar-refractivity contribution >= 4 is 5.69 Å². The average Bonchev–Trinajstić information content (AvgIpc) is 2.69. The van der Waals surface area contributed by atoms with Crippen LogP contribution in [0.15, 0.2) is 30.6 Å². The van der Waals surface area contributed by atoms with Gasteiger partial charge >= 0.3 is 6.19 Å². The van der Waals surface area contributed by atoms with Gasteiger partial charge in [-0.3, -0.25) is 10.3 Å². The number of rotatable bonds is 1. The second-order valence-corrected chi connectivity index (χ2v) is 4.92. The Morgan fingerprint density at radius 3 is 2.65 bits per heavy atom. The molecule has 1 aromatic rings. The fourth-order valence-corrected chi connectivity index (χ4v) is 2.75. The topological polar surface area (TPSA) is 48.7 Å². The largest absolute Gasteiger partial charge is 0.314 e. The van der Waals surface area contributed by atoms with Crippen molar-refractivity contribution < 1.29 is 0 Å². The van der Waals surface area contributed by atoms with Crippen LogP contribution < -0.4 is 9.80 Å². The number of piperazine rings is 1. The minimum absolute atomic E-state index is 0.314. The van der Waals surface area contributed by atoms with Gasteiger partial charge in [0.1, 0.15) is 13.1 Å². The SMILES string of the molecule is Cc1cncc([N+]2(C#N)C[C@H]3C=C[C@@H](C2)N3)c1. The van der Waals surface area contributed by atoms with E-state index in [0.717, 1.165) is 24.3 Å². The van der Waals surface area contributed by atoms with Crippen LogP contribution in [-0.4, -0.2) is 30.2 Å². The molecule has 2 aliphatic rings. The highest BCUT2D eigenvalue weighted by atomic mass is 15.4. The Bertz CT molecular complexity index is 500. The van der Waals surface area contributed by atoms with E-state index < -0.39 is 0 Å². The van der Waals surface area contributed by atoms with Gasteiger partial charge in [-0.1, -0.05) is 12.2 Å². The van der Waals surface area contributed by atoms with Crippen molar-refractivity contribution in [2.45, 2.75) is 19.0 Å². The predicted molar refractivity (Wildman–Crippen MR) is 66.0 cm³/mol. The number of hydrogen-bond acceptors (Lipinski definition) is 3. The van der Waals surface area contributed by atoms with E-state index in [0.29, 0.717) is 16.6 Å². The molecule has 0 spiro atoms. The lowest BCUT2D eigenvalue weighted by atomic mass is 10.1. The normalized spacial score (nSPS) is 34.6. The first-order valence-corrected chi connectivity index (χ1v) is 5.87. The monoisotopic (exact) mass is 227 g/mol. The maximum absolute atomic E-state index is 9.59. The summed E-state index contributed by atoms with van der Waals surface area (Å²) in [6.07, 6.45) is 10.5. The fraction of sp³-hybridized carbons (Fsp3) is 0.385. The molecule has 1 saturated heterocycles. The molecule has 0 aromatic carbocycles. The summed E-state index contributed by atoms with van der Waals surface area (Å²) in [4.78, 5) is 4.22. The summed E-state index contributed by atoms with van der Waals surface area (Å²) in [6.45, 7) is 3.59. The van der Waals surface area contributed by atoms with Crippen molar-refractivity contribution in [3.63, 3.8) is 0 Å². The van der Waals surface area contributed by atoms with Crippen molar-refractivity contribution in [2.24, 2.45) is 0 Å². The van der Waals surface area contributed by atoms with Crippen LogP contribution in [0.1, 0.15) is 5.56 Å². The molecule has 4 nitrogen and oxygen atoms in total. The molecule has 4 heteroatoms. The first-order chi connectivity index (χ1) is 8.22. The third-order valence-corrected chi connectivity index (χ3v) is 3.57. The zero-order valence-corrected chi connectivity index (χ0v) is 9.80. The van der Waals surface area contributed by atoms with E-state index in [-0.39, 0.29) is 0 Å². The Kier molecular flexibility index (Phi) is 2.25. The van der Waals surface area contributed by atoms with Crippen LogP contribution in [0.2, 0.25) is 0 Å². The highest BCUT2D eigenvalue weighted by molar-refractivity contribution is 5.48. The first kappa shape index (κ1) is 10.5. The number of aromatic nitrogens is 1. The zero-order chi connectivity index (χ0) is 11.9. The van der Waals surface area contributed by atoms with Crippen molar-refractivity contribution in [1.29, 1.82) is 5.26 Å². The molecular formula is C13H15N4+. The molecule has 0 aliphatic carbocycles. The molecule has 3 rings (SSSR count). The second-order valence-electron chi connectivity index (χ2n) is 4.92. The summed E-state index contributed by atoms with van der Waals surface area (Å²) in [5, 5.41) is 13.1. The number of hydrogen-bond donors (Lipinski definition) is 1. The van der Waals surface area contributed by atoms with Gasteiger partial charge in [0.05, 0.1) is 18.3 Å². The lowest BCUT2D eigenvalue weighted by Gasteiger charge is -2.36. The molecule has 2 aliphatic heterocycles. The Morgan fingerprint density at radius 2 is 2.06 bits per heavy atom. The van der Waals surface area contributed by atoms with E-state index in [2.05, 4.69) is 34.7 Å². The van der Waals surface area contributed by atoms with Crippen LogP contribution in [0.25, 0.3) is 0 Å². The van der Waals surface area contributed by atoms with E-state index in [1.165, 1.54) is 0 Å². The van der Waals surface area contributed by atoms with Crippen LogP contribution in [0.4, 0.5) is 5.69 Å². The van der Waals surface area contributed by atoms with Gasteiger partial charge in [0.15, 0.2) is 5.69 Å². The first-order valence-electron chi connectivity index (χ1n) is 5.87. The van der Waals surface area contributed by atoms with Crippen LogP contribution in [0.5, 0.6) is 0 Å². The van der Waals surface area contributed by atoms with Crippen molar-refractivity contribution in [2.75, 3.05) is 13.1 Å². The molecule has 1 N–H and O–H groups in total. The number of nitrogens with one attached hydrogen (secondary N) is 1. The van der Waals surface area contributed by atoms with Gasteiger partial charge < -0.3 is 0 Å². The molecule has 0 amide bonds. The summed E-state index contributed by atoms with van der Waals surface area (Å²) in [6, 6.07) is 2.70. The van der Waals surface area contributed by atoms with Crippen molar-refractivity contribution in [1.82, 2.24) is 14.8 Å². The predicted octanol–water partition coefficient (Wildman–Crippen LogP) is 1.09. The van der Waals surface area contributed by atoms with Crippen LogP contribution in [0, 0.1) is 18.4 Å². The average molecular weight is 227 g/mol. The maximum Gasteiger partial charge on any atom is 0.314 e. The second kappa shape index (κ2) is 3.66. The molecule has 1 aromatic heterocycles. The molecule has 0 saturated carbocycles. The van der Waals surface area contributed by atoms with Crippen LogP contribution in [-0.2, 0) is 0 Å². The Morgan fingerprint density at radius 1 is 1.35 bits per heavy atom. The Balaban J connectivity index is 2.02. The summed E-state index contributed by atoms with van der Waals surface area (Å²) in [7, 11) is 0. The molecule has 3 heterocycles. The Hall–Kier alpha value is -1.70. The van der Waals surface area contributed by atoms with Crippen LogP contribution in [0.3, 0.4) is 0 Å². The number of aryl methyl sites for hydroxylation is 1. The fourth-order valence-electron chi connectivity index (χ4n) is 2.75. The number of fused-ring (bicyclic) bond motifs is 2.